The molecule has 0 aliphatic carbocycles. The van der Waals surface area contributed by atoms with Gasteiger partial charge in [-0.3, -0.25) is 4.79 Å². The van der Waals surface area contributed by atoms with Crippen molar-refractivity contribution in [3.8, 4) is 0 Å². The molecule has 4 nitrogen and oxygen atoms in total. The molecule has 2 aromatic rings. The zero-order chi connectivity index (χ0) is 11.0. The van der Waals surface area contributed by atoms with Crippen LogP contribution in [0.5, 0.6) is 0 Å². The lowest BCUT2D eigenvalue weighted by atomic mass is 10.1. The van der Waals surface area contributed by atoms with Crippen LogP contribution in [0.4, 0.5) is 0 Å². The van der Waals surface area contributed by atoms with Gasteiger partial charge >= 0.3 is 5.69 Å². The molecule has 1 heterocycles. The summed E-state index contributed by atoms with van der Waals surface area (Å²) in [6.07, 6.45) is 0.322. The molecule has 1 aromatic carbocycles. The number of imidazole rings is 1. The standard InChI is InChI=1S/C10H9ClN2O2/c1-5(14)2-6-3-7(11)9-8(4-6)12-10(15)13-9/h3-4H,2H2,1H3,(H2,12,13,15). The van der Waals surface area contributed by atoms with Crippen LogP contribution in [0.25, 0.3) is 11.0 Å². The van der Waals surface area contributed by atoms with Gasteiger partial charge in [0.25, 0.3) is 0 Å². The van der Waals surface area contributed by atoms with Gasteiger partial charge in [-0.15, -0.1) is 0 Å². The number of hydrogen-bond acceptors (Lipinski definition) is 2. The summed E-state index contributed by atoms with van der Waals surface area (Å²) in [5.41, 5.74) is 1.71. The Morgan fingerprint density at radius 1 is 1.40 bits per heavy atom. The first-order chi connectivity index (χ1) is 7.06. The van der Waals surface area contributed by atoms with Gasteiger partial charge in [-0.05, 0) is 24.6 Å². The van der Waals surface area contributed by atoms with E-state index in [-0.39, 0.29) is 11.5 Å². The van der Waals surface area contributed by atoms with Crippen molar-refractivity contribution in [2.75, 3.05) is 0 Å². The van der Waals surface area contributed by atoms with Gasteiger partial charge in [-0.25, -0.2) is 4.79 Å². The minimum atomic E-state index is -0.299. The molecule has 0 fully saturated rings. The van der Waals surface area contributed by atoms with Gasteiger partial charge in [0.2, 0.25) is 0 Å². The third-order valence-electron chi connectivity index (χ3n) is 2.09. The molecule has 0 atom stereocenters. The number of benzene rings is 1. The zero-order valence-corrected chi connectivity index (χ0v) is 8.81. The van der Waals surface area contributed by atoms with Gasteiger partial charge in [-0.2, -0.15) is 0 Å². The van der Waals surface area contributed by atoms with Gasteiger partial charge in [0, 0.05) is 6.42 Å². The second-order valence-electron chi connectivity index (χ2n) is 3.46. The Bertz CT molecular complexity index is 583. The van der Waals surface area contributed by atoms with Crippen molar-refractivity contribution in [3.63, 3.8) is 0 Å². The van der Waals surface area contributed by atoms with E-state index in [9.17, 15) is 9.59 Å². The van der Waals surface area contributed by atoms with Crippen LogP contribution in [-0.2, 0) is 11.2 Å². The van der Waals surface area contributed by atoms with E-state index in [1.807, 2.05) is 0 Å². The van der Waals surface area contributed by atoms with Crippen molar-refractivity contribution in [1.29, 1.82) is 0 Å². The van der Waals surface area contributed by atoms with Gasteiger partial charge < -0.3 is 9.97 Å². The summed E-state index contributed by atoms with van der Waals surface area (Å²) in [5, 5.41) is 0.446. The largest absolute Gasteiger partial charge is 0.323 e. The number of Topliss-reactive ketones (excluding diaryl/α,β-unsaturated/α-hetero) is 1. The molecule has 2 N–H and O–H groups in total. The summed E-state index contributed by atoms with van der Waals surface area (Å²) in [4.78, 5) is 27.2. The Kier molecular flexibility index (Phi) is 2.36. The molecular weight excluding hydrogens is 216 g/mol. The van der Waals surface area contributed by atoms with E-state index in [0.29, 0.717) is 22.5 Å². The molecule has 0 unspecified atom stereocenters. The molecular formula is C10H9ClN2O2. The number of aromatic nitrogens is 2. The summed E-state index contributed by atoms with van der Waals surface area (Å²) in [5.74, 6) is 0.0586. The summed E-state index contributed by atoms with van der Waals surface area (Å²) >= 11 is 5.96. The molecule has 2 rings (SSSR count). The molecule has 78 valence electrons. The minimum absolute atomic E-state index is 0.0586. The Balaban J connectivity index is 2.61. The fraction of sp³-hybridized carbons (Fsp3) is 0.200. The number of carbonyl (C=O) groups is 1. The lowest BCUT2D eigenvalue weighted by Gasteiger charge is -1.99. The van der Waals surface area contributed by atoms with Crippen LogP contribution in [0.1, 0.15) is 12.5 Å². The van der Waals surface area contributed by atoms with Crippen molar-refractivity contribution in [2.45, 2.75) is 13.3 Å². The van der Waals surface area contributed by atoms with E-state index in [0.717, 1.165) is 5.56 Å². The van der Waals surface area contributed by atoms with Crippen LogP contribution < -0.4 is 5.69 Å². The van der Waals surface area contributed by atoms with Crippen LogP contribution >= 0.6 is 11.6 Å². The van der Waals surface area contributed by atoms with Gasteiger partial charge in [-0.1, -0.05) is 11.6 Å². The first kappa shape index (κ1) is 9.98. The molecule has 0 saturated heterocycles. The van der Waals surface area contributed by atoms with Crippen molar-refractivity contribution in [2.24, 2.45) is 0 Å². The molecule has 5 heteroatoms. The van der Waals surface area contributed by atoms with E-state index in [4.69, 9.17) is 11.6 Å². The fourth-order valence-electron chi connectivity index (χ4n) is 1.55. The summed E-state index contributed by atoms with van der Waals surface area (Å²) in [6.45, 7) is 1.51. The Labute approximate surface area is 90.3 Å². The summed E-state index contributed by atoms with van der Waals surface area (Å²) in [6, 6.07) is 3.44. The molecule has 0 radical (unpaired) electrons. The number of hydrogen-bond donors (Lipinski definition) is 2. The molecule has 0 aliphatic heterocycles. The Morgan fingerprint density at radius 2 is 2.13 bits per heavy atom. The SMILES string of the molecule is CC(=O)Cc1cc(Cl)c2[nH]c(=O)[nH]c2c1. The number of H-pyrrole nitrogens is 2. The quantitative estimate of drug-likeness (QED) is 0.815. The van der Waals surface area contributed by atoms with E-state index in [2.05, 4.69) is 9.97 Å². The number of ketones is 1. The third kappa shape index (κ3) is 1.94. The first-order valence-electron chi connectivity index (χ1n) is 4.46. The smallest absolute Gasteiger partial charge is 0.306 e. The average Bonchev–Trinajstić information content (AvgIpc) is 2.44. The number of nitrogens with one attached hydrogen (secondary N) is 2. The molecule has 15 heavy (non-hydrogen) atoms. The number of halogens is 1. The number of aromatic amines is 2. The normalized spacial score (nSPS) is 10.8. The predicted molar refractivity (Wildman–Crippen MR) is 58.3 cm³/mol. The topological polar surface area (TPSA) is 65.7 Å². The van der Waals surface area contributed by atoms with Crippen LogP contribution in [0.3, 0.4) is 0 Å². The summed E-state index contributed by atoms with van der Waals surface area (Å²) in [7, 11) is 0. The van der Waals surface area contributed by atoms with Crippen molar-refractivity contribution in [1.82, 2.24) is 9.97 Å². The van der Waals surface area contributed by atoms with Crippen molar-refractivity contribution in [3.05, 3.63) is 33.2 Å². The highest BCUT2D eigenvalue weighted by atomic mass is 35.5. The van der Waals surface area contributed by atoms with Crippen molar-refractivity contribution >= 4 is 28.4 Å². The molecule has 1 aromatic heterocycles. The second-order valence-corrected chi connectivity index (χ2v) is 3.87. The molecule has 0 aliphatic rings. The Hall–Kier alpha value is -1.55. The molecule has 0 amide bonds. The maximum Gasteiger partial charge on any atom is 0.323 e. The van der Waals surface area contributed by atoms with Gasteiger partial charge in [0.15, 0.2) is 0 Å². The fourth-order valence-corrected chi connectivity index (χ4v) is 1.83. The zero-order valence-electron chi connectivity index (χ0n) is 8.06. The number of fused-ring (bicyclic) bond motifs is 1. The monoisotopic (exact) mass is 224 g/mol. The van der Waals surface area contributed by atoms with E-state index < -0.39 is 0 Å². The highest BCUT2D eigenvalue weighted by Gasteiger charge is 2.06. The molecule has 0 bridgehead atoms. The van der Waals surface area contributed by atoms with Crippen molar-refractivity contribution < 1.29 is 4.79 Å². The van der Waals surface area contributed by atoms with Crippen LogP contribution in [0, 0.1) is 0 Å². The number of carbonyl (C=O) groups excluding carboxylic acids is 1. The number of rotatable bonds is 2. The minimum Gasteiger partial charge on any atom is -0.306 e. The van der Waals surface area contributed by atoms with E-state index in [1.54, 1.807) is 12.1 Å². The average molecular weight is 225 g/mol. The summed E-state index contributed by atoms with van der Waals surface area (Å²) < 4.78 is 0. The van der Waals surface area contributed by atoms with Crippen LogP contribution in [-0.4, -0.2) is 15.8 Å². The van der Waals surface area contributed by atoms with Gasteiger partial charge in [0.1, 0.15) is 5.78 Å². The highest BCUT2D eigenvalue weighted by molar-refractivity contribution is 6.35. The first-order valence-corrected chi connectivity index (χ1v) is 4.84. The van der Waals surface area contributed by atoms with Crippen LogP contribution in [0.15, 0.2) is 16.9 Å². The lowest BCUT2D eigenvalue weighted by Crippen LogP contribution is -1.99. The second kappa shape index (κ2) is 3.55. The third-order valence-corrected chi connectivity index (χ3v) is 2.39. The maximum absolute atomic E-state index is 11.0. The Morgan fingerprint density at radius 3 is 2.80 bits per heavy atom. The predicted octanol–water partition coefficient (Wildman–Crippen LogP) is 1.64. The van der Waals surface area contributed by atoms with E-state index >= 15 is 0 Å². The molecule has 0 saturated carbocycles. The maximum atomic E-state index is 11.0. The molecule has 0 spiro atoms. The highest BCUT2D eigenvalue weighted by Crippen LogP contribution is 2.21. The van der Waals surface area contributed by atoms with Gasteiger partial charge in [0.05, 0.1) is 16.1 Å². The van der Waals surface area contributed by atoms with E-state index in [1.165, 1.54) is 6.92 Å². The van der Waals surface area contributed by atoms with Crippen LogP contribution in [0.2, 0.25) is 5.02 Å². The lowest BCUT2D eigenvalue weighted by molar-refractivity contribution is -0.116.